The van der Waals surface area contributed by atoms with E-state index in [1.807, 2.05) is 24.3 Å². The quantitative estimate of drug-likeness (QED) is 0.773. The van der Waals surface area contributed by atoms with E-state index < -0.39 is 0 Å². The summed E-state index contributed by atoms with van der Waals surface area (Å²) in [5.74, 6) is 1.75. The SMILES string of the molecule is COc1cccc2c(NCCCN)nccc12. The average molecular weight is 231 g/mol. The van der Waals surface area contributed by atoms with Crippen LogP contribution in [0, 0.1) is 0 Å². The highest BCUT2D eigenvalue weighted by atomic mass is 16.5. The van der Waals surface area contributed by atoms with Gasteiger partial charge in [-0.15, -0.1) is 0 Å². The molecule has 4 heteroatoms. The molecule has 1 aromatic heterocycles. The van der Waals surface area contributed by atoms with Crippen molar-refractivity contribution in [3.8, 4) is 5.75 Å². The van der Waals surface area contributed by atoms with E-state index in [9.17, 15) is 0 Å². The van der Waals surface area contributed by atoms with Crippen molar-refractivity contribution in [1.29, 1.82) is 0 Å². The third-order valence-electron chi connectivity index (χ3n) is 2.66. The summed E-state index contributed by atoms with van der Waals surface area (Å²) in [7, 11) is 1.68. The Morgan fingerprint density at radius 2 is 2.18 bits per heavy atom. The monoisotopic (exact) mass is 231 g/mol. The van der Waals surface area contributed by atoms with Gasteiger partial charge in [-0.25, -0.2) is 4.98 Å². The summed E-state index contributed by atoms with van der Waals surface area (Å²) >= 11 is 0. The number of rotatable bonds is 5. The zero-order valence-electron chi connectivity index (χ0n) is 9.94. The highest BCUT2D eigenvalue weighted by Gasteiger charge is 2.05. The minimum absolute atomic E-state index is 0.682. The molecule has 0 saturated carbocycles. The fourth-order valence-corrected chi connectivity index (χ4v) is 1.81. The first-order valence-electron chi connectivity index (χ1n) is 5.72. The second-order valence-corrected chi connectivity index (χ2v) is 3.78. The average Bonchev–Trinajstić information content (AvgIpc) is 2.38. The summed E-state index contributed by atoms with van der Waals surface area (Å²) < 4.78 is 5.33. The molecule has 0 aliphatic heterocycles. The Bertz CT molecular complexity index is 499. The Morgan fingerprint density at radius 1 is 1.29 bits per heavy atom. The predicted octanol–water partition coefficient (Wildman–Crippen LogP) is 2.00. The van der Waals surface area contributed by atoms with Gasteiger partial charge in [0.05, 0.1) is 7.11 Å². The third kappa shape index (κ3) is 2.47. The molecule has 1 aromatic carbocycles. The Balaban J connectivity index is 2.36. The summed E-state index contributed by atoms with van der Waals surface area (Å²) in [5.41, 5.74) is 5.47. The molecule has 2 rings (SSSR count). The van der Waals surface area contributed by atoms with Crippen molar-refractivity contribution >= 4 is 16.6 Å². The summed E-state index contributed by atoms with van der Waals surface area (Å²) in [5, 5.41) is 5.44. The first kappa shape index (κ1) is 11.7. The smallest absolute Gasteiger partial charge is 0.133 e. The third-order valence-corrected chi connectivity index (χ3v) is 2.66. The van der Waals surface area contributed by atoms with E-state index in [1.54, 1.807) is 13.3 Å². The van der Waals surface area contributed by atoms with Crippen LogP contribution >= 0.6 is 0 Å². The van der Waals surface area contributed by atoms with Crippen molar-refractivity contribution in [3.63, 3.8) is 0 Å². The lowest BCUT2D eigenvalue weighted by Crippen LogP contribution is -2.09. The van der Waals surface area contributed by atoms with Crippen LogP contribution in [0.25, 0.3) is 10.8 Å². The molecular formula is C13H17N3O. The van der Waals surface area contributed by atoms with Crippen molar-refractivity contribution in [2.75, 3.05) is 25.5 Å². The van der Waals surface area contributed by atoms with E-state index in [-0.39, 0.29) is 0 Å². The minimum Gasteiger partial charge on any atom is -0.496 e. The van der Waals surface area contributed by atoms with E-state index in [4.69, 9.17) is 10.5 Å². The summed E-state index contributed by atoms with van der Waals surface area (Å²) in [6.45, 7) is 1.51. The maximum atomic E-state index is 5.47. The zero-order chi connectivity index (χ0) is 12.1. The molecule has 0 aliphatic rings. The number of nitrogens with two attached hydrogens (primary N) is 1. The predicted molar refractivity (Wildman–Crippen MR) is 70.5 cm³/mol. The van der Waals surface area contributed by atoms with Crippen LogP contribution in [0.5, 0.6) is 5.75 Å². The number of hydrogen-bond acceptors (Lipinski definition) is 4. The van der Waals surface area contributed by atoms with Gasteiger partial charge >= 0.3 is 0 Å². The molecule has 0 fully saturated rings. The van der Waals surface area contributed by atoms with Gasteiger partial charge in [-0.05, 0) is 25.1 Å². The number of anilines is 1. The van der Waals surface area contributed by atoms with Gasteiger partial charge in [0.15, 0.2) is 0 Å². The molecule has 0 amide bonds. The Morgan fingerprint density at radius 3 is 2.94 bits per heavy atom. The molecule has 0 spiro atoms. The van der Waals surface area contributed by atoms with Crippen molar-refractivity contribution in [2.24, 2.45) is 5.73 Å². The van der Waals surface area contributed by atoms with Crippen molar-refractivity contribution in [1.82, 2.24) is 4.98 Å². The van der Waals surface area contributed by atoms with E-state index >= 15 is 0 Å². The normalized spacial score (nSPS) is 10.5. The van der Waals surface area contributed by atoms with Crippen LogP contribution in [0.2, 0.25) is 0 Å². The van der Waals surface area contributed by atoms with E-state index in [2.05, 4.69) is 10.3 Å². The maximum Gasteiger partial charge on any atom is 0.133 e. The van der Waals surface area contributed by atoms with Gasteiger partial charge in [0.2, 0.25) is 0 Å². The van der Waals surface area contributed by atoms with Crippen molar-refractivity contribution in [2.45, 2.75) is 6.42 Å². The van der Waals surface area contributed by atoms with Gasteiger partial charge in [-0.3, -0.25) is 0 Å². The molecule has 2 aromatic rings. The molecule has 4 nitrogen and oxygen atoms in total. The van der Waals surface area contributed by atoms with Crippen LogP contribution in [-0.4, -0.2) is 25.2 Å². The molecule has 90 valence electrons. The molecule has 0 saturated heterocycles. The molecule has 3 N–H and O–H groups in total. The van der Waals surface area contributed by atoms with Crippen molar-refractivity contribution in [3.05, 3.63) is 30.5 Å². The maximum absolute atomic E-state index is 5.47. The van der Waals surface area contributed by atoms with Crippen LogP contribution in [0.1, 0.15) is 6.42 Å². The Hall–Kier alpha value is -1.81. The second kappa shape index (κ2) is 5.50. The molecule has 0 radical (unpaired) electrons. The van der Waals surface area contributed by atoms with Crippen LogP contribution in [0.15, 0.2) is 30.5 Å². The number of nitrogens with zero attached hydrogens (tertiary/aromatic N) is 1. The molecule has 0 bridgehead atoms. The van der Waals surface area contributed by atoms with E-state index in [0.717, 1.165) is 35.3 Å². The van der Waals surface area contributed by atoms with Gasteiger partial charge < -0.3 is 15.8 Å². The molecule has 0 atom stereocenters. The number of aromatic nitrogens is 1. The largest absolute Gasteiger partial charge is 0.496 e. The van der Waals surface area contributed by atoms with Crippen LogP contribution in [0.4, 0.5) is 5.82 Å². The summed E-state index contributed by atoms with van der Waals surface area (Å²) in [6.07, 6.45) is 2.72. The minimum atomic E-state index is 0.682. The first-order valence-corrected chi connectivity index (χ1v) is 5.72. The standard InChI is InChI=1S/C13H17N3O/c1-17-12-5-2-4-11-10(12)6-9-16-13(11)15-8-3-7-14/h2,4-6,9H,3,7-8,14H2,1H3,(H,15,16). The number of methoxy groups -OCH3 is 1. The summed E-state index contributed by atoms with van der Waals surface area (Å²) in [4.78, 5) is 4.35. The van der Waals surface area contributed by atoms with Gasteiger partial charge in [0.1, 0.15) is 11.6 Å². The number of benzene rings is 1. The van der Waals surface area contributed by atoms with Gasteiger partial charge in [-0.1, -0.05) is 12.1 Å². The number of ether oxygens (including phenoxy) is 1. The van der Waals surface area contributed by atoms with E-state index in [1.165, 1.54) is 0 Å². The topological polar surface area (TPSA) is 60.2 Å². The lowest BCUT2D eigenvalue weighted by molar-refractivity contribution is 0.420. The molecule has 0 unspecified atom stereocenters. The number of hydrogen-bond donors (Lipinski definition) is 2. The first-order chi connectivity index (χ1) is 8.36. The molecule has 1 heterocycles. The van der Waals surface area contributed by atoms with Crippen LogP contribution < -0.4 is 15.8 Å². The zero-order valence-corrected chi connectivity index (χ0v) is 9.94. The van der Waals surface area contributed by atoms with Gasteiger partial charge in [0, 0.05) is 23.5 Å². The Kier molecular flexibility index (Phi) is 3.77. The molecule has 0 aliphatic carbocycles. The molecular weight excluding hydrogens is 214 g/mol. The fraction of sp³-hybridized carbons (Fsp3) is 0.308. The van der Waals surface area contributed by atoms with E-state index in [0.29, 0.717) is 6.54 Å². The van der Waals surface area contributed by atoms with Gasteiger partial charge in [0.25, 0.3) is 0 Å². The number of pyridine rings is 1. The number of nitrogens with one attached hydrogen (secondary N) is 1. The number of fused-ring (bicyclic) bond motifs is 1. The lowest BCUT2D eigenvalue weighted by Gasteiger charge is -2.10. The highest BCUT2D eigenvalue weighted by molar-refractivity contribution is 5.95. The molecule has 17 heavy (non-hydrogen) atoms. The van der Waals surface area contributed by atoms with Crippen LogP contribution in [0.3, 0.4) is 0 Å². The highest BCUT2D eigenvalue weighted by Crippen LogP contribution is 2.28. The van der Waals surface area contributed by atoms with Crippen LogP contribution in [-0.2, 0) is 0 Å². The van der Waals surface area contributed by atoms with Crippen molar-refractivity contribution < 1.29 is 4.74 Å². The summed E-state index contributed by atoms with van der Waals surface area (Å²) in [6, 6.07) is 7.92. The fourth-order valence-electron chi connectivity index (χ4n) is 1.81. The Labute approximate surface area is 101 Å². The second-order valence-electron chi connectivity index (χ2n) is 3.78. The van der Waals surface area contributed by atoms with Gasteiger partial charge in [-0.2, -0.15) is 0 Å². The lowest BCUT2D eigenvalue weighted by atomic mass is 10.1.